The molecule has 1 aromatic rings. The summed E-state index contributed by atoms with van der Waals surface area (Å²) in [5.74, 6) is -0.506. The summed E-state index contributed by atoms with van der Waals surface area (Å²) in [5.41, 5.74) is -0.502. The first-order valence-electron chi connectivity index (χ1n) is 9.71. The zero-order valence-electron chi connectivity index (χ0n) is 17.8. The molecule has 1 aromatic carbocycles. The fourth-order valence-corrected chi connectivity index (χ4v) is 3.80. The Hall–Kier alpha value is -1.87. The summed E-state index contributed by atoms with van der Waals surface area (Å²) in [6.07, 6.45) is 1.41. The van der Waals surface area contributed by atoms with Crippen LogP contribution in [0.15, 0.2) is 23.1 Å². The Balaban J connectivity index is 1.77. The minimum absolute atomic E-state index is 0.232. The second-order valence-electron chi connectivity index (χ2n) is 8.35. The molecule has 1 aliphatic rings. The Morgan fingerprint density at radius 2 is 1.83 bits per heavy atom. The van der Waals surface area contributed by atoms with Crippen LogP contribution in [-0.4, -0.2) is 75.0 Å². The molecule has 0 saturated carbocycles. The first kappa shape index (κ1) is 23.4. The lowest BCUT2D eigenvalue weighted by Gasteiger charge is -2.38. The lowest BCUT2D eigenvalue weighted by molar-refractivity contribution is 0.0101. The molecule has 1 fully saturated rings. The summed E-state index contributed by atoms with van der Waals surface area (Å²) in [6, 6.07) is 4.01. The van der Waals surface area contributed by atoms with E-state index in [9.17, 15) is 17.6 Å². The van der Waals surface area contributed by atoms with Crippen molar-refractivity contribution in [1.82, 2.24) is 9.80 Å². The number of piperazine rings is 1. The summed E-state index contributed by atoms with van der Waals surface area (Å²) >= 11 is 0. The number of amides is 1. The van der Waals surface area contributed by atoms with Gasteiger partial charge in [-0.3, -0.25) is 4.90 Å². The molecule has 164 valence electrons. The minimum atomic E-state index is -3.59. The molecule has 9 heteroatoms. The maximum Gasteiger partial charge on any atom is 0.410 e. The molecule has 0 aliphatic carbocycles. The highest BCUT2D eigenvalue weighted by atomic mass is 32.2. The molecule has 1 amide bonds. The van der Waals surface area contributed by atoms with Gasteiger partial charge in [0.1, 0.15) is 22.1 Å². The lowest BCUT2D eigenvalue weighted by Crippen LogP contribution is -2.52. The second-order valence-corrected chi connectivity index (χ2v) is 10.3. The van der Waals surface area contributed by atoms with Crippen molar-refractivity contribution in [2.24, 2.45) is 0 Å². The number of hydrogen-bond acceptors (Lipinski definition) is 6. The van der Waals surface area contributed by atoms with Crippen LogP contribution in [0.2, 0.25) is 0 Å². The van der Waals surface area contributed by atoms with E-state index in [4.69, 9.17) is 9.47 Å². The minimum Gasteiger partial charge on any atom is -0.493 e. The van der Waals surface area contributed by atoms with Crippen LogP contribution in [0.4, 0.5) is 9.18 Å². The predicted molar refractivity (Wildman–Crippen MR) is 108 cm³/mol. The third-order valence-corrected chi connectivity index (χ3v) is 5.83. The van der Waals surface area contributed by atoms with Gasteiger partial charge >= 0.3 is 6.09 Å². The Labute approximate surface area is 172 Å². The largest absolute Gasteiger partial charge is 0.493 e. The molecule has 2 rings (SSSR count). The van der Waals surface area contributed by atoms with Crippen molar-refractivity contribution >= 4 is 15.9 Å². The zero-order valence-corrected chi connectivity index (χ0v) is 18.6. The third kappa shape index (κ3) is 7.15. The summed E-state index contributed by atoms with van der Waals surface area (Å²) in [7, 11) is -3.59. The van der Waals surface area contributed by atoms with E-state index < -0.39 is 21.3 Å². The molecular formula is C20H31FN2O5S. The number of sulfone groups is 1. The highest BCUT2D eigenvalue weighted by Crippen LogP contribution is 2.21. The van der Waals surface area contributed by atoms with Gasteiger partial charge in [-0.15, -0.1) is 0 Å². The number of carbonyl (C=O) groups is 1. The number of benzene rings is 1. The highest BCUT2D eigenvalue weighted by Gasteiger charge is 2.27. The zero-order chi connectivity index (χ0) is 21.8. The van der Waals surface area contributed by atoms with Gasteiger partial charge in [-0.25, -0.2) is 17.6 Å². The maximum absolute atomic E-state index is 13.9. The Bertz CT molecular complexity index is 815. The average molecular weight is 431 g/mol. The van der Waals surface area contributed by atoms with Gasteiger partial charge in [-0.1, -0.05) is 0 Å². The SMILES string of the molecule is CC(CCOc1ccc(S(C)(=O)=O)c(F)c1)N1CCN(C(=O)OC(C)(C)C)CC1. The normalized spacial score (nSPS) is 17.1. The van der Waals surface area contributed by atoms with E-state index >= 15 is 0 Å². The summed E-state index contributed by atoms with van der Waals surface area (Å²) in [4.78, 5) is 15.8. The first-order chi connectivity index (χ1) is 13.4. The molecular weight excluding hydrogens is 399 g/mol. The number of hydrogen-bond donors (Lipinski definition) is 0. The van der Waals surface area contributed by atoms with Crippen LogP contribution < -0.4 is 4.74 Å². The van der Waals surface area contributed by atoms with Crippen molar-refractivity contribution in [3.05, 3.63) is 24.0 Å². The standard InChI is InChI=1S/C20H31FN2O5S/c1-15(22-9-11-23(12-10-22)19(24)28-20(2,3)4)8-13-27-16-6-7-18(17(21)14-16)29(5,25)26/h6-7,14-15H,8-13H2,1-5H3. The molecule has 1 aliphatic heterocycles. The van der Waals surface area contributed by atoms with Crippen LogP contribution in [0.5, 0.6) is 5.75 Å². The van der Waals surface area contributed by atoms with Crippen molar-refractivity contribution in [2.45, 2.75) is 50.7 Å². The van der Waals surface area contributed by atoms with Crippen molar-refractivity contribution in [2.75, 3.05) is 39.0 Å². The van der Waals surface area contributed by atoms with E-state index in [-0.39, 0.29) is 17.0 Å². The van der Waals surface area contributed by atoms with Crippen LogP contribution in [0.3, 0.4) is 0 Å². The van der Waals surface area contributed by atoms with Crippen molar-refractivity contribution in [1.29, 1.82) is 0 Å². The van der Waals surface area contributed by atoms with Gasteiger partial charge in [-0.05, 0) is 46.2 Å². The number of halogens is 1. The monoisotopic (exact) mass is 430 g/mol. The van der Waals surface area contributed by atoms with E-state index in [1.807, 2.05) is 20.8 Å². The van der Waals surface area contributed by atoms with E-state index in [0.717, 1.165) is 31.8 Å². The van der Waals surface area contributed by atoms with E-state index in [2.05, 4.69) is 11.8 Å². The van der Waals surface area contributed by atoms with Crippen molar-refractivity contribution < 1.29 is 27.1 Å². The number of carbonyl (C=O) groups excluding carboxylic acids is 1. The number of rotatable bonds is 6. The summed E-state index contributed by atoms with van der Waals surface area (Å²) < 4.78 is 47.8. The lowest BCUT2D eigenvalue weighted by atomic mass is 10.2. The van der Waals surface area contributed by atoms with E-state index in [1.54, 1.807) is 4.90 Å². The van der Waals surface area contributed by atoms with Gasteiger partial charge in [0.25, 0.3) is 0 Å². The Kier molecular flexibility index (Phi) is 7.50. The second kappa shape index (κ2) is 9.30. The third-order valence-electron chi connectivity index (χ3n) is 4.70. The van der Waals surface area contributed by atoms with Gasteiger partial charge in [0.05, 0.1) is 6.61 Å². The van der Waals surface area contributed by atoms with Gasteiger partial charge < -0.3 is 14.4 Å². The van der Waals surface area contributed by atoms with Crippen LogP contribution >= 0.6 is 0 Å². The van der Waals surface area contributed by atoms with Crippen molar-refractivity contribution in [3.8, 4) is 5.75 Å². The smallest absolute Gasteiger partial charge is 0.410 e. The van der Waals surface area contributed by atoms with Gasteiger partial charge in [-0.2, -0.15) is 0 Å². The summed E-state index contributed by atoms with van der Waals surface area (Å²) in [5, 5.41) is 0. The van der Waals surface area contributed by atoms with E-state index in [0.29, 0.717) is 25.4 Å². The van der Waals surface area contributed by atoms with Crippen molar-refractivity contribution in [3.63, 3.8) is 0 Å². The molecule has 0 spiro atoms. The molecule has 0 radical (unpaired) electrons. The Morgan fingerprint density at radius 1 is 1.21 bits per heavy atom. The maximum atomic E-state index is 13.9. The molecule has 1 saturated heterocycles. The Morgan fingerprint density at radius 3 is 2.34 bits per heavy atom. The first-order valence-corrected chi connectivity index (χ1v) is 11.6. The average Bonchev–Trinajstić information content (AvgIpc) is 2.59. The van der Waals surface area contributed by atoms with Crippen LogP contribution in [0.1, 0.15) is 34.1 Å². The fourth-order valence-electron chi connectivity index (χ4n) is 3.07. The summed E-state index contributed by atoms with van der Waals surface area (Å²) in [6.45, 7) is 10.7. The van der Waals surface area contributed by atoms with Crippen LogP contribution in [0, 0.1) is 5.82 Å². The quantitative estimate of drug-likeness (QED) is 0.691. The van der Waals surface area contributed by atoms with Gasteiger partial charge in [0, 0.05) is 44.5 Å². The molecule has 1 unspecified atom stereocenters. The molecule has 0 bridgehead atoms. The topological polar surface area (TPSA) is 76.2 Å². The molecule has 0 N–H and O–H groups in total. The highest BCUT2D eigenvalue weighted by molar-refractivity contribution is 7.90. The number of ether oxygens (including phenoxy) is 2. The molecule has 7 nitrogen and oxygen atoms in total. The molecule has 1 heterocycles. The number of nitrogens with zero attached hydrogens (tertiary/aromatic N) is 2. The molecule has 29 heavy (non-hydrogen) atoms. The molecule has 0 aromatic heterocycles. The van der Waals surface area contributed by atoms with Crippen LogP contribution in [-0.2, 0) is 14.6 Å². The fraction of sp³-hybridized carbons (Fsp3) is 0.650. The van der Waals surface area contributed by atoms with Gasteiger partial charge in [0.15, 0.2) is 9.84 Å². The van der Waals surface area contributed by atoms with Gasteiger partial charge in [0.2, 0.25) is 0 Å². The van der Waals surface area contributed by atoms with E-state index in [1.165, 1.54) is 12.1 Å². The van der Waals surface area contributed by atoms with Crippen LogP contribution in [0.25, 0.3) is 0 Å². The predicted octanol–water partition coefficient (Wildman–Crippen LogP) is 2.94. The molecule has 1 atom stereocenters.